The van der Waals surface area contributed by atoms with Crippen LogP contribution in [0.2, 0.25) is 0 Å². The molecule has 1 aromatic carbocycles. The van der Waals surface area contributed by atoms with Crippen LogP contribution in [0.15, 0.2) is 46.7 Å². The average molecular weight is 310 g/mol. The summed E-state index contributed by atoms with van der Waals surface area (Å²) in [5.74, 6) is 0. The minimum Gasteiger partial charge on any atom is -0.330 e. The van der Waals surface area contributed by atoms with Crippen molar-refractivity contribution in [2.75, 3.05) is 6.54 Å². The molecule has 1 atom stereocenters. The first-order valence-electron chi connectivity index (χ1n) is 6.37. The van der Waals surface area contributed by atoms with Gasteiger partial charge in [0.1, 0.15) is 0 Å². The fourth-order valence-electron chi connectivity index (χ4n) is 1.90. The molecule has 0 fully saturated rings. The largest absolute Gasteiger partial charge is 0.330 e. The molecule has 1 heterocycles. The quantitative estimate of drug-likeness (QED) is 0.860. The Labute approximate surface area is 123 Å². The lowest BCUT2D eigenvalue weighted by molar-refractivity contribution is 0.568. The van der Waals surface area contributed by atoms with E-state index in [2.05, 4.69) is 4.72 Å². The van der Waals surface area contributed by atoms with Crippen LogP contribution in [-0.4, -0.2) is 15.0 Å². The summed E-state index contributed by atoms with van der Waals surface area (Å²) in [4.78, 5) is 1.27. The average Bonchev–Trinajstić information content (AvgIpc) is 2.93. The van der Waals surface area contributed by atoms with E-state index in [-0.39, 0.29) is 10.9 Å². The van der Waals surface area contributed by atoms with Gasteiger partial charge < -0.3 is 5.73 Å². The molecule has 6 heteroatoms. The van der Waals surface area contributed by atoms with Crippen LogP contribution in [0.3, 0.4) is 0 Å². The zero-order chi connectivity index (χ0) is 14.6. The van der Waals surface area contributed by atoms with Gasteiger partial charge in [0.05, 0.1) is 10.9 Å². The first kappa shape index (κ1) is 15.2. The van der Waals surface area contributed by atoms with Crippen LogP contribution < -0.4 is 10.5 Å². The van der Waals surface area contributed by atoms with Gasteiger partial charge in [0, 0.05) is 4.88 Å². The number of sulfonamides is 1. The van der Waals surface area contributed by atoms with E-state index in [0.29, 0.717) is 6.54 Å². The van der Waals surface area contributed by atoms with E-state index in [9.17, 15) is 8.42 Å². The highest BCUT2D eigenvalue weighted by molar-refractivity contribution is 7.89. The summed E-state index contributed by atoms with van der Waals surface area (Å²) >= 11 is 1.54. The molecular formula is C14H18N2O2S2. The Morgan fingerprint density at radius 3 is 2.50 bits per heavy atom. The third kappa shape index (κ3) is 3.67. The monoisotopic (exact) mass is 310 g/mol. The van der Waals surface area contributed by atoms with Gasteiger partial charge in [0.2, 0.25) is 10.0 Å². The zero-order valence-corrected chi connectivity index (χ0v) is 12.9. The van der Waals surface area contributed by atoms with Crippen LogP contribution in [0.25, 0.3) is 0 Å². The molecule has 3 N–H and O–H groups in total. The maximum absolute atomic E-state index is 12.3. The van der Waals surface area contributed by atoms with E-state index in [1.807, 2.05) is 24.4 Å². The van der Waals surface area contributed by atoms with Crippen LogP contribution in [0, 0.1) is 0 Å². The molecule has 1 unspecified atom stereocenters. The van der Waals surface area contributed by atoms with Crippen molar-refractivity contribution in [1.82, 2.24) is 4.72 Å². The lowest BCUT2D eigenvalue weighted by Gasteiger charge is -2.13. The van der Waals surface area contributed by atoms with Crippen LogP contribution >= 0.6 is 11.3 Å². The predicted molar refractivity (Wildman–Crippen MR) is 82.3 cm³/mol. The number of nitrogens with two attached hydrogens (primary N) is 1. The Hall–Kier alpha value is -1.21. The van der Waals surface area contributed by atoms with Crippen LogP contribution in [-0.2, 0) is 16.4 Å². The van der Waals surface area contributed by atoms with Crippen LogP contribution in [0.1, 0.15) is 23.4 Å². The van der Waals surface area contributed by atoms with E-state index in [1.54, 1.807) is 24.3 Å². The van der Waals surface area contributed by atoms with E-state index in [0.717, 1.165) is 16.9 Å². The minimum atomic E-state index is -3.49. The smallest absolute Gasteiger partial charge is 0.241 e. The van der Waals surface area contributed by atoms with Gasteiger partial charge in [-0.05, 0) is 49.0 Å². The van der Waals surface area contributed by atoms with Gasteiger partial charge in [-0.15, -0.1) is 11.3 Å². The summed E-state index contributed by atoms with van der Waals surface area (Å²) in [6.07, 6.45) is 0.749. The molecule has 2 rings (SSSR count). The van der Waals surface area contributed by atoms with Crippen molar-refractivity contribution < 1.29 is 8.42 Å². The fourth-order valence-corrected chi connectivity index (χ4v) is 3.93. The SMILES string of the molecule is CC(NS(=O)(=O)c1ccc(CCN)cc1)c1cccs1. The van der Waals surface area contributed by atoms with Crippen molar-refractivity contribution in [2.24, 2.45) is 5.73 Å². The molecule has 0 aliphatic carbocycles. The van der Waals surface area contributed by atoms with Crippen molar-refractivity contribution in [3.63, 3.8) is 0 Å². The second kappa shape index (κ2) is 6.49. The fraction of sp³-hybridized carbons (Fsp3) is 0.286. The van der Waals surface area contributed by atoms with Gasteiger partial charge >= 0.3 is 0 Å². The van der Waals surface area contributed by atoms with Crippen LogP contribution in [0.4, 0.5) is 0 Å². The summed E-state index contributed by atoms with van der Waals surface area (Å²) in [6, 6.07) is 10.4. The summed E-state index contributed by atoms with van der Waals surface area (Å²) in [5, 5.41) is 1.93. The molecule has 20 heavy (non-hydrogen) atoms. The minimum absolute atomic E-state index is 0.233. The molecule has 108 valence electrons. The number of hydrogen-bond donors (Lipinski definition) is 2. The Kier molecular flexibility index (Phi) is 4.93. The van der Waals surface area contributed by atoms with Gasteiger partial charge in [-0.1, -0.05) is 18.2 Å². The van der Waals surface area contributed by atoms with Gasteiger partial charge in [-0.3, -0.25) is 0 Å². The Morgan fingerprint density at radius 2 is 1.95 bits per heavy atom. The number of thiophene rings is 1. The zero-order valence-electron chi connectivity index (χ0n) is 11.2. The molecular weight excluding hydrogens is 292 g/mol. The van der Waals surface area contributed by atoms with E-state index in [1.165, 1.54) is 11.3 Å². The number of nitrogens with one attached hydrogen (secondary N) is 1. The third-order valence-electron chi connectivity index (χ3n) is 2.97. The summed E-state index contributed by atoms with van der Waals surface area (Å²) in [7, 11) is -3.49. The highest BCUT2D eigenvalue weighted by Gasteiger charge is 2.18. The van der Waals surface area contributed by atoms with Crippen LogP contribution in [0.5, 0.6) is 0 Å². The first-order valence-corrected chi connectivity index (χ1v) is 8.74. The first-order chi connectivity index (χ1) is 9.53. The lowest BCUT2D eigenvalue weighted by Crippen LogP contribution is -2.26. The highest BCUT2D eigenvalue weighted by atomic mass is 32.2. The topological polar surface area (TPSA) is 72.2 Å². The summed E-state index contributed by atoms with van der Waals surface area (Å²) < 4.78 is 27.2. The number of benzene rings is 1. The van der Waals surface area contributed by atoms with Gasteiger partial charge in [0.25, 0.3) is 0 Å². The molecule has 0 saturated heterocycles. The molecule has 0 amide bonds. The molecule has 0 saturated carbocycles. The molecule has 2 aromatic rings. The maximum Gasteiger partial charge on any atom is 0.241 e. The molecule has 4 nitrogen and oxygen atoms in total. The van der Waals surface area contributed by atoms with Crippen molar-refractivity contribution in [2.45, 2.75) is 24.3 Å². The van der Waals surface area contributed by atoms with E-state index >= 15 is 0 Å². The van der Waals surface area contributed by atoms with Crippen molar-refractivity contribution in [3.8, 4) is 0 Å². The summed E-state index contributed by atoms with van der Waals surface area (Å²) in [6.45, 7) is 2.39. The molecule has 0 radical (unpaired) electrons. The number of hydrogen-bond acceptors (Lipinski definition) is 4. The third-order valence-corrected chi connectivity index (χ3v) is 5.58. The molecule has 0 bridgehead atoms. The van der Waals surface area contributed by atoms with Crippen molar-refractivity contribution in [1.29, 1.82) is 0 Å². The molecule has 0 spiro atoms. The Morgan fingerprint density at radius 1 is 1.25 bits per heavy atom. The molecule has 0 aliphatic heterocycles. The normalized spacial score (nSPS) is 13.3. The highest BCUT2D eigenvalue weighted by Crippen LogP contribution is 2.21. The Balaban J connectivity index is 2.13. The molecule has 1 aromatic heterocycles. The van der Waals surface area contributed by atoms with Crippen molar-refractivity contribution >= 4 is 21.4 Å². The maximum atomic E-state index is 12.3. The van der Waals surface area contributed by atoms with E-state index in [4.69, 9.17) is 5.73 Å². The standard InChI is InChI=1S/C14H18N2O2S2/c1-11(14-3-2-10-19-14)16-20(17,18)13-6-4-12(5-7-13)8-9-15/h2-7,10-11,16H,8-9,15H2,1H3. The summed E-state index contributed by atoms with van der Waals surface area (Å²) in [5.41, 5.74) is 6.51. The van der Waals surface area contributed by atoms with Gasteiger partial charge in [-0.2, -0.15) is 0 Å². The second-order valence-corrected chi connectivity index (χ2v) is 7.23. The molecule has 0 aliphatic rings. The lowest BCUT2D eigenvalue weighted by atomic mass is 10.2. The predicted octanol–water partition coefficient (Wildman–Crippen LogP) is 2.29. The van der Waals surface area contributed by atoms with Gasteiger partial charge in [0.15, 0.2) is 0 Å². The van der Waals surface area contributed by atoms with E-state index < -0.39 is 10.0 Å². The number of rotatable bonds is 6. The van der Waals surface area contributed by atoms with Gasteiger partial charge in [-0.25, -0.2) is 13.1 Å². The van der Waals surface area contributed by atoms with Crippen molar-refractivity contribution in [3.05, 3.63) is 52.2 Å². The Bertz CT molecular complexity index is 634. The second-order valence-electron chi connectivity index (χ2n) is 4.54.